The van der Waals surface area contributed by atoms with E-state index in [2.05, 4.69) is 24.6 Å². The first-order valence-corrected chi connectivity index (χ1v) is 2.86. The summed E-state index contributed by atoms with van der Waals surface area (Å²) in [5.74, 6) is 0. The standard InChI is InChI=1S/C4H12N2S/c1-3-4-6(2)5-7/h5,7H,3-4H2,1-2H3. The molecule has 0 heterocycles. The smallest absolute Gasteiger partial charge is 0.0134 e. The molecule has 0 saturated heterocycles. The lowest BCUT2D eigenvalue weighted by atomic mass is 10.5. The maximum absolute atomic E-state index is 3.83. The Kier molecular flexibility index (Phi) is 4.60. The number of nitrogens with one attached hydrogen (secondary N) is 1. The van der Waals surface area contributed by atoms with E-state index in [0.29, 0.717) is 0 Å². The Morgan fingerprint density at radius 1 is 1.71 bits per heavy atom. The number of hydrogen-bond donors (Lipinski definition) is 2. The van der Waals surface area contributed by atoms with E-state index in [-0.39, 0.29) is 0 Å². The predicted molar refractivity (Wildman–Crippen MR) is 35.0 cm³/mol. The fourth-order valence-corrected chi connectivity index (χ4v) is 0.485. The summed E-state index contributed by atoms with van der Waals surface area (Å²) in [7, 11) is 1.95. The van der Waals surface area contributed by atoms with Crippen LogP contribution in [0.4, 0.5) is 0 Å². The van der Waals surface area contributed by atoms with Crippen LogP contribution in [0.25, 0.3) is 0 Å². The van der Waals surface area contributed by atoms with Crippen LogP contribution in [0.3, 0.4) is 0 Å². The van der Waals surface area contributed by atoms with Gasteiger partial charge in [0.15, 0.2) is 0 Å². The molecule has 0 fully saturated rings. The van der Waals surface area contributed by atoms with Crippen LogP contribution in [0.1, 0.15) is 13.3 Å². The highest BCUT2D eigenvalue weighted by Crippen LogP contribution is 1.79. The highest BCUT2D eigenvalue weighted by Gasteiger charge is 1.86. The number of hydrogen-bond acceptors (Lipinski definition) is 3. The Labute approximate surface area is 50.4 Å². The summed E-state index contributed by atoms with van der Waals surface area (Å²) >= 11 is 3.83. The van der Waals surface area contributed by atoms with Gasteiger partial charge in [-0.3, -0.25) is 0 Å². The second-order valence-corrected chi connectivity index (χ2v) is 1.72. The average molecular weight is 120 g/mol. The number of rotatable bonds is 3. The van der Waals surface area contributed by atoms with Gasteiger partial charge >= 0.3 is 0 Å². The van der Waals surface area contributed by atoms with Crippen LogP contribution >= 0.6 is 12.8 Å². The molecule has 0 aromatic rings. The van der Waals surface area contributed by atoms with Gasteiger partial charge in [-0.2, -0.15) is 0 Å². The van der Waals surface area contributed by atoms with Crippen LogP contribution in [0.15, 0.2) is 0 Å². The molecule has 0 saturated carbocycles. The minimum atomic E-state index is 1.05. The van der Waals surface area contributed by atoms with E-state index >= 15 is 0 Å². The third-order valence-electron chi connectivity index (χ3n) is 0.730. The van der Waals surface area contributed by atoms with E-state index in [0.717, 1.165) is 13.0 Å². The largest absolute Gasteiger partial charge is 0.238 e. The number of hydrazine groups is 1. The van der Waals surface area contributed by atoms with Gasteiger partial charge in [0.2, 0.25) is 0 Å². The van der Waals surface area contributed by atoms with Crippen LogP contribution in [0, 0.1) is 0 Å². The highest BCUT2D eigenvalue weighted by molar-refractivity contribution is 7.78. The zero-order valence-corrected chi connectivity index (χ0v) is 5.70. The van der Waals surface area contributed by atoms with Gasteiger partial charge in [0.05, 0.1) is 0 Å². The maximum Gasteiger partial charge on any atom is 0.0134 e. The Balaban J connectivity index is 2.83. The minimum Gasteiger partial charge on any atom is -0.238 e. The SMILES string of the molecule is CCCN(C)NS. The van der Waals surface area contributed by atoms with Gasteiger partial charge in [0.25, 0.3) is 0 Å². The zero-order chi connectivity index (χ0) is 5.70. The van der Waals surface area contributed by atoms with E-state index < -0.39 is 0 Å². The van der Waals surface area contributed by atoms with Crippen molar-refractivity contribution in [3.05, 3.63) is 0 Å². The number of thiol groups is 1. The molecule has 0 aromatic heterocycles. The van der Waals surface area contributed by atoms with Crippen molar-refractivity contribution in [3.8, 4) is 0 Å². The summed E-state index contributed by atoms with van der Waals surface area (Å²) in [6.07, 6.45) is 1.16. The maximum atomic E-state index is 3.83. The molecule has 3 heteroatoms. The van der Waals surface area contributed by atoms with Gasteiger partial charge in [-0.25, -0.2) is 9.84 Å². The topological polar surface area (TPSA) is 15.3 Å². The molecule has 0 bridgehead atoms. The van der Waals surface area contributed by atoms with Gasteiger partial charge in [-0.1, -0.05) is 19.7 Å². The first-order valence-electron chi connectivity index (χ1n) is 2.42. The van der Waals surface area contributed by atoms with Crippen molar-refractivity contribution in [2.45, 2.75) is 13.3 Å². The molecule has 0 aromatic carbocycles. The summed E-state index contributed by atoms with van der Waals surface area (Å²) < 4.78 is 0. The molecule has 0 amide bonds. The van der Waals surface area contributed by atoms with Gasteiger partial charge < -0.3 is 0 Å². The first-order chi connectivity index (χ1) is 3.31. The molecule has 0 atom stereocenters. The normalized spacial score (nSPS) is 10.3. The van der Waals surface area contributed by atoms with Crippen molar-refractivity contribution in [3.63, 3.8) is 0 Å². The lowest BCUT2D eigenvalue weighted by molar-refractivity contribution is 0.313. The summed E-state index contributed by atoms with van der Waals surface area (Å²) in [6.45, 7) is 3.17. The zero-order valence-electron chi connectivity index (χ0n) is 4.81. The van der Waals surface area contributed by atoms with Crippen LogP contribution in [-0.2, 0) is 0 Å². The summed E-state index contributed by atoms with van der Waals surface area (Å²) in [6, 6.07) is 0. The molecule has 44 valence electrons. The van der Waals surface area contributed by atoms with E-state index in [4.69, 9.17) is 0 Å². The molecule has 1 N–H and O–H groups in total. The first kappa shape index (κ1) is 7.27. The van der Waals surface area contributed by atoms with Crippen molar-refractivity contribution in [2.75, 3.05) is 13.6 Å². The van der Waals surface area contributed by atoms with Crippen molar-refractivity contribution >= 4 is 12.8 Å². The molecule has 0 unspecified atom stereocenters. The Bertz CT molecular complexity index is 40.7. The van der Waals surface area contributed by atoms with Crippen molar-refractivity contribution in [1.29, 1.82) is 0 Å². The van der Waals surface area contributed by atoms with E-state index in [1.807, 2.05) is 12.1 Å². The Hall–Kier alpha value is 0.270. The summed E-state index contributed by atoms with van der Waals surface area (Å²) in [5.41, 5.74) is 0. The monoisotopic (exact) mass is 120 g/mol. The lowest BCUT2D eigenvalue weighted by Crippen LogP contribution is -2.27. The number of nitrogens with zero attached hydrogens (tertiary/aromatic N) is 1. The molecule has 0 spiro atoms. The van der Waals surface area contributed by atoms with Crippen molar-refractivity contribution in [2.24, 2.45) is 0 Å². The third kappa shape index (κ3) is 4.12. The van der Waals surface area contributed by atoms with E-state index in [1.165, 1.54) is 0 Å². The predicted octanol–water partition coefficient (Wildman–Crippen LogP) is 0.678. The minimum absolute atomic E-state index is 1.05. The lowest BCUT2D eigenvalue weighted by Gasteiger charge is -2.10. The third-order valence-corrected chi connectivity index (χ3v) is 1.07. The van der Waals surface area contributed by atoms with Gasteiger partial charge in [-0.15, -0.1) is 0 Å². The van der Waals surface area contributed by atoms with E-state index in [1.54, 1.807) is 0 Å². The molecule has 2 nitrogen and oxygen atoms in total. The van der Waals surface area contributed by atoms with Crippen LogP contribution in [0.5, 0.6) is 0 Å². The molecular weight excluding hydrogens is 108 g/mol. The quantitative estimate of drug-likeness (QED) is 0.420. The molecule has 0 radical (unpaired) electrons. The summed E-state index contributed by atoms with van der Waals surface area (Å²) in [4.78, 5) is 2.69. The van der Waals surface area contributed by atoms with Crippen LogP contribution < -0.4 is 4.83 Å². The second kappa shape index (κ2) is 4.43. The molecule has 0 aliphatic carbocycles. The molecule has 0 aliphatic rings. The van der Waals surface area contributed by atoms with Gasteiger partial charge in [-0.05, 0) is 6.42 Å². The van der Waals surface area contributed by atoms with Crippen molar-refractivity contribution < 1.29 is 0 Å². The van der Waals surface area contributed by atoms with Crippen LogP contribution in [-0.4, -0.2) is 18.6 Å². The van der Waals surface area contributed by atoms with E-state index in [9.17, 15) is 0 Å². The molecule has 0 rings (SSSR count). The molecule has 0 aliphatic heterocycles. The molecular formula is C4H12N2S. The molecule has 7 heavy (non-hydrogen) atoms. The van der Waals surface area contributed by atoms with Crippen LogP contribution in [0.2, 0.25) is 0 Å². The van der Waals surface area contributed by atoms with Gasteiger partial charge in [0, 0.05) is 13.6 Å². The van der Waals surface area contributed by atoms with Gasteiger partial charge in [0.1, 0.15) is 0 Å². The highest BCUT2D eigenvalue weighted by atomic mass is 32.1. The summed E-state index contributed by atoms with van der Waals surface area (Å²) in [5, 5.41) is 1.92. The Morgan fingerprint density at radius 3 is 2.43 bits per heavy atom. The average Bonchev–Trinajstić information content (AvgIpc) is 1.68. The fraction of sp³-hybridized carbons (Fsp3) is 1.00. The fourth-order valence-electron chi connectivity index (χ4n) is 0.385. The Morgan fingerprint density at radius 2 is 2.29 bits per heavy atom. The second-order valence-electron chi connectivity index (χ2n) is 1.52. The van der Waals surface area contributed by atoms with Crippen molar-refractivity contribution in [1.82, 2.24) is 9.84 Å².